The maximum Gasteiger partial charge on any atom is 0.322 e. The first-order valence-corrected chi connectivity index (χ1v) is 6.56. The number of esters is 1. The third kappa shape index (κ3) is 3.54. The maximum absolute atomic E-state index is 11.5. The van der Waals surface area contributed by atoms with Crippen molar-refractivity contribution in [2.75, 3.05) is 33.3 Å². The van der Waals surface area contributed by atoms with Gasteiger partial charge in [-0.1, -0.05) is 5.16 Å². The summed E-state index contributed by atoms with van der Waals surface area (Å²) in [5, 5.41) is 4.00. The Balaban J connectivity index is 1.80. The number of nitrogens with zero attached hydrogens (tertiary/aromatic N) is 3. The monoisotopic (exact) mass is 267 g/mol. The molecule has 1 fully saturated rings. The zero-order valence-corrected chi connectivity index (χ0v) is 11.8. The van der Waals surface area contributed by atoms with Crippen molar-refractivity contribution >= 4 is 5.97 Å². The predicted molar refractivity (Wildman–Crippen MR) is 69.6 cm³/mol. The summed E-state index contributed by atoms with van der Waals surface area (Å²) in [6.07, 6.45) is 0. The van der Waals surface area contributed by atoms with Crippen LogP contribution in [-0.2, 0) is 16.1 Å². The highest BCUT2D eigenvalue weighted by Gasteiger charge is 2.26. The summed E-state index contributed by atoms with van der Waals surface area (Å²) < 4.78 is 9.84. The fraction of sp³-hybridized carbons (Fsp3) is 0.692. The van der Waals surface area contributed by atoms with Crippen LogP contribution in [0.25, 0.3) is 0 Å². The van der Waals surface area contributed by atoms with Crippen LogP contribution >= 0.6 is 0 Å². The summed E-state index contributed by atoms with van der Waals surface area (Å²) in [5.74, 6) is 0.675. The number of rotatable bonds is 4. The number of piperazine rings is 1. The van der Waals surface area contributed by atoms with Gasteiger partial charge in [-0.05, 0) is 13.8 Å². The normalized spacial score (nSPS) is 19.3. The minimum atomic E-state index is -0.166. The SMILES string of the molecule is COC(=O)C(C)N1CCN(Cc2cc(C)on2)CC1. The Morgan fingerprint density at radius 1 is 1.47 bits per heavy atom. The van der Waals surface area contributed by atoms with E-state index in [-0.39, 0.29) is 12.0 Å². The van der Waals surface area contributed by atoms with Gasteiger partial charge in [0.05, 0.1) is 12.8 Å². The third-order valence-corrected chi connectivity index (χ3v) is 3.56. The molecule has 2 rings (SSSR count). The Kier molecular flexibility index (Phi) is 4.55. The van der Waals surface area contributed by atoms with Gasteiger partial charge >= 0.3 is 5.97 Å². The molecule has 0 radical (unpaired) electrons. The van der Waals surface area contributed by atoms with Crippen LogP contribution in [0.3, 0.4) is 0 Å². The molecule has 0 saturated carbocycles. The quantitative estimate of drug-likeness (QED) is 0.747. The van der Waals surface area contributed by atoms with Crippen molar-refractivity contribution in [1.82, 2.24) is 15.0 Å². The summed E-state index contributed by atoms with van der Waals surface area (Å²) in [7, 11) is 1.43. The van der Waals surface area contributed by atoms with Crippen LogP contribution in [0.15, 0.2) is 10.6 Å². The number of aromatic nitrogens is 1. The Hall–Kier alpha value is -1.40. The molecule has 0 aromatic carbocycles. The average molecular weight is 267 g/mol. The molecule has 106 valence electrons. The molecule has 6 heteroatoms. The molecule has 6 nitrogen and oxygen atoms in total. The number of carbonyl (C=O) groups excluding carboxylic acids is 1. The molecule has 0 aliphatic carbocycles. The van der Waals surface area contributed by atoms with Gasteiger partial charge in [0, 0.05) is 38.8 Å². The Morgan fingerprint density at radius 3 is 2.68 bits per heavy atom. The number of carbonyl (C=O) groups is 1. The molecule has 19 heavy (non-hydrogen) atoms. The lowest BCUT2D eigenvalue weighted by atomic mass is 10.2. The minimum Gasteiger partial charge on any atom is -0.468 e. The van der Waals surface area contributed by atoms with E-state index in [4.69, 9.17) is 9.26 Å². The number of ether oxygens (including phenoxy) is 1. The van der Waals surface area contributed by atoms with Gasteiger partial charge in [-0.2, -0.15) is 0 Å². The van der Waals surface area contributed by atoms with E-state index in [1.54, 1.807) is 0 Å². The molecular weight excluding hydrogens is 246 g/mol. The Morgan fingerprint density at radius 2 is 2.16 bits per heavy atom. The first kappa shape index (κ1) is 14.0. The Bertz CT molecular complexity index is 425. The van der Waals surface area contributed by atoms with E-state index in [9.17, 15) is 4.79 Å². The van der Waals surface area contributed by atoms with Gasteiger partial charge in [0.2, 0.25) is 0 Å². The van der Waals surface area contributed by atoms with Crippen LogP contribution in [0, 0.1) is 6.92 Å². The smallest absolute Gasteiger partial charge is 0.322 e. The van der Waals surface area contributed by atoms with E-state index < -0.39 is 0 Å². The maximum atomic E-state index is 11.5. The van der Waals surface area contributed by atoms with E-state index in [0.29, 0.717) is 0 Å². The zero-order chi connectivity index (χ0) is 13.8. The molecule has 0 N–H and O–H groups in total. The number of hydrogen-bond acceptors (Lipinski definition) is 6. The summed E-state index contributed by atoms with van der Waals surface area (Å²) >= 11 is 0. The van der Waals surface area contributed by atoms with E-state index in [1.165, 1.54) is 7.11 Å². The van der Waals surface area contributed by atoms with Crippen LogP contribution < -0.4 is 0 Å². The fourth-order valence-corrected chi connectivity index (χ4v) is 2.35. The second-order valence-electron chi connectivity index (χ2n) is 4.94. The Labute approximate surface area is 113 Å². The van der Waals surface area contributed by atoms with Crippen molar-refractivity contribution in [3.05, 3.63) is 17.5 Å². The second-order valence-corrected chi connectivity index (χ2v) is 4.94. The van der Waals surface area contributed by atoms with E-state index in [0.717, 1.165) is 44.2 Å². The van der Waals surface area contributed by atoms with Crippen molar-refractivity contribution in [3.63, 3.8) is 0 Å². The van der Waals surface area contributed by atoms with Crippen LogP contribution in [0.2, 0.25) is 0 Å². The largest absolute Gasteiger partial charge is 0.468 e. The van der Waals surface area contributed by atoms with Gasteiger partial charge < -0.3 is 9.26 Å². The number of aryl methyl sites for hydroxylation is 1. The lowest BCUT2D eigenvalue weighted by Crippen LogP contribution is -2.51. The van der Waals surface area contributed by atoms with Gasteiger partial charge in [0.25, 0.3) is 0 Å². The van der Waals surface area contributed by atoms with Crippen LogP contribution in [-0.4, -0.2) is 60.3 Å². The summed E-state index contributed by atoms with van der Waals surface area (Å²) in [4.78, 5) is 16.0. The van der Waals surface area contributed by atoms with Gasteiger partial charge in [-0.3, -0.25) is 14.6 Å². The van der Waals surface area contributed by atoms with E-state index >= 15 is 0 Å². The van der Waals surface area contributed by atoms with E-state index in [2.05, 4.69) is 15.0 Å². The molecule has 1 aromatic heterocycles. The molecule has 1 aliphatic heterocycles. The van der Waals surface area contributed by atoms with E-state index in [1.807, 2.05) is 19.9 Å². The number of hydrogen-bond donors (Lipinski definition) is 0. The fourth-order valence-electron chi connectivity index (χ4n) is 2.35. The van der Waals surface area contributed by atoms with Crippen molar-refractivity contribution in [2.45, 2.75) is 26.4 Å². The van der Waals surface area contributed by atoms with Crippen molar-refractivity contribution in [3.8, 4) is 0 Å². The number of methoxy groups -OCH3 is 1. The molecule has 1 atom stereocenters. The molecule has 0 amide bonds. The topological polar surface area (TPSA) is 58.8 Å². The first-order valence-electron chi connectivity index (χ1n) is 6.56. The molecule has 0 spiro atoms. The van der Waals surface area contributed by atoms with Crippen LogP contribution in [0.5, 0.6) is 0 Å². The standard InChI is InChI=1S/C13H21N3O3/c1-10-8-12(14-19-10)9-15-4-6-16(7-5-15)11(2)13(17)18-3/h8,11H,4-7,9H2,1-3H3. The minimum absolute atomic E-state index is 0.165. The van der Waals surface area contributed by atoms with Crippen molar-refractivity contribution < 1.29 is 14.1 Å². The molecule has 0 bridgehead atoms. The average Bonchev–Trinajstić information content (AvgIpc) is 2.83. The zero-order valence-electron chi connectivity index (χ0n) is 11.8. The molecule has 1 aromatic rings. The van der Waals surface area contributed by atoms with Crippen molar-refractivity contribution in [1.29, 1.82) is 0 Å². The van der Waals surface area contributed by atoms with Gasteiger partial charge in [-0.25, -0.2) is 0 Å². The molecular formula is C13H21N3O3. The summed E-state index contributed by atoms with van der Waals surface area (Å²) in [6.45, 7) is 8.17. The summed E-state index contributed by atoms with van der Waals surface area (Å²) in [5.41, 5.74) is 0.965. The van der Waals surface area contributed by atoms with Crippen molar-refractivity contribution in [2.24, 2.45) is 0 Å². The van der Waals surface area contributed by atoms with Gasteiger partial charge in [0.1, 0.15) is 11.8 Å². The lowest BCUT2D eigenvalue weighted by Gasteiger charge is -2.36. The van der Waals surface area contributed by atoms with Crippen LogP contribution in [0.1, 0.15) is 18.4 Å². The molecule has 2 heterocycles. The molecule has 1 unspecified atom stereocenters. The highest BCUT2D eigenvalue weighted by molar-refractivity contribution is 5.75. The van der Waals surface area contributed by atoms with Crippen LogP contribution in [0.4, 0.5) is 0 Å². The van der Waals surface area contributed by atoms with Gasteiger partial charge in [-0.15, -0.1) is 0 Å². The second kappa shape index (κ2) is 6.16. The predicted octanol–water partition coefficient (Wildman–Crippen LogP) is 0.662. The lowest BCUT2D eigenvalue weighted by molar-refractivity contribution is -0.147. The summed E-state index contributed by atoms with van der Waals surface area (Å²) in [6, 6.07) is 1.80. The first-order chi connectivity index (χ1) is 9.10. The third-order valence-electron chi connectivity index (χ3n) is 3.56. The highest BCUT2D eigenvalue weighted by Crippen LogP contribution is 2.11. The highest BCUT2D eigenvalue weighted by atomic mass is 16.5. The van der Waals surface area contributed by atoms with Gasteiger partial charge in [0.15, 0.2) is 0 Å². The molecule has 1 saturated heterocycles. The molecule has 1 aliphatic rings.